The van der Waals surface area contributed by atoms with Crippen LogP contribution in [0.2, 0.25) is 0 Å². The molecule has 18 heteroatoms. The van der Waals surface area contributed by atoms with Gasteiger partial charge in [0.25, 0.3) is 0 Å². The Kier molecular flexibility index (Phi) is 20.9. The van der Waals surface area contributed by atoms with Crippen molar-refractivity contribution in [1.82, 2.24) is 4.98 Å². The first-order valence-electron chi connectivity index (χ1n) is 14.9. The molecule has 1 heterocycles. The molecule has 5 rings (SSSR count). The van der Waals surface area contributed by atoms with Crippen molar-refractivity contribution in [2.24, 2.45) is 0 Å². The molecule has 0 amide bonds. The van der Waals surface area contributed by atoms with Crippen molar-refractivity contribution in [2.45, 2.75) is 17.4 Å². The van der Waals surface area contributed by atoms with Gasteiger partial charge in [0.1, 0.15) is 0 Å². The molecule has 53 heavy (non-hydrogen) atoms. The van der Waals surface area contributed by atoms with Gasteiger partial charge in [-0.25, -0.2) is 0 Å². The zero-order valence-corrected chi connectivity index (χ0v) is 33.8. The van der Waals surface area contributed by atoms with Gasteiger partial charge >= 0.3 is 31.3 Å². The van der Waals surface area contributed by atoms with Crippen LogP contribution in [-0.4, -0.2) is 45.2 Å². The quantitative estimate of drug-likeness (QED) is 0.0343. The summed E-state index contributed by atoms with van der Waals surface area (Å²) in [6, 6.07) is 50.3. The van der Waals surface area contributed by atoms with Gasteiger partial charge in [-0.15, -0.1) is 0 Å². The molecular formula is C35H36F6NO6P2PtS2+. The Morgan fingerprint density at radius 3 is 0.906 bits per heavy atom. The molecule has 0 saturated heterocycles. The van der Waals surface area contributed by atoms with E-state index in [4.69, 9.17) is 0 Å². The number of pyridine rings is 1. The largest absolute Gasteiger partial charge is 0.525 e. The number of hydrogen-bond acceptors (Lipinski definition) is 7. The molecule has 0 N–H and O–H groups in total. The maximum absolute atomic E-state index is 11.4. The van der Waals surface area contributed by atoms with Crippen LogP contribution in [0.4, 0.5) is 26.3 Å². The summed E-state index contributed by atoms with van der Waals surface area (Å²) < 4.78 is 113. The van der Waals surface area contributed by atoms with Crippen LogP contribution in [0, 0.1) is 7.43 Å². The van der Waals surface area contributed by atoms with Gasteiger partial charge in [0.05, 0.1) is 49.4 Å². The first kappa shape index (κ1) is 48.0. The van der Waals surface area contributed by atoms with Crippen molar-refractivity contribution >= 4 is 57.3 Å². The third-order valence-electron chi connectivity index (χ3n) is 6.68. The minimum Gasteiger partial charge on any atom is -0.358 e. The Hall–Kier alpha value is -3.02. The maximum atomic E-state index is 11.4. The number of nitrogens with zero attached hydrogens (tertiary/aromatic N) is 1. The number of hydrogen-bond donors (Lipinski definition) is 0. The molecule has 0 atom stereocenters. The summed E-state index contributed by atoms with van der Waals surface area (Å²) >= 11 is 0. The molecule has 0 aliphatic carbocycles. The average Bonchev–Trinajstić information content (AvgIpc) is 3.13. The second-order valence-electron chi connectivity index (χ2n) is 10.2. The summed E-state index contributed by atoms with van der Waals surface area (Å²) in [5.41, 5.74) is -12.2. The molecule has 0 fully saturated rings. The SMILES string of the molecule is O=S(=O)(OOS(=O)(=O)C(F)(F)F)C(F)(F)F.[CH3-].[Pt].c1ccc([PH+](CCC[PH+](c2ccccc2)c2ccccc2)c2ccccc2)cc1.c1ccncc1. The monoisotopic (exact) mass is 1000 g/mol. The second kappa shape index (κ2) is 23.0. The third-order valence-corrected chi connectivity index (χ3v) is 14.2. The number of alkyl halides is 6. The minimum absolute atomic E-state index is 0. The molecule has 0 spiro atoms. The number of halogens is 6. The summed E-state index contributed by atoms with van der Waals surface area (Å²) in [5, 5.41) is 6.10. The molecular weight excluding hydrogens is 966 g/mol. The summed E-state index contributed by atoms with van der Waals surface area (Å²) in [5.74, 6) is 0. The Balaban J connectivity index is 0.000000495. The molecule has 290 valence electrons. The van der Waals surface area contributed by atoms with Gasteiger partial charge in [-0.05, 0) is 60.7 Å². The molecule has 7 nitrogen and oxygen atoms in total. The van der Waals surface area contributed by atoms with Gasteiger partial charge in [-0.2, -0.15) is 43.2 Å². The van der Waals surface area contributed by atoms with Gasteiger partial charge in [0.2, 0.25) is 0 Å². The fourth-order valence-corrected chi connectivity index (χ4v) is 10.7. The van der Waals surface area contributed by atoms with Crippen LogP contribution >= 0.6 is 15.8 Å². The third kappa shape index (κ3) is 16.1. The summed E-state index contributed by atoms with van der Waals surface area (Å²) in [6.45, 7) is 0. The first-order chi connectivity index (χ1) is 24.1. The van der Waals surface area contributed by atoms with E-state index in [2.05, 4.69) is 135 Å². The van der Waals surface area contributed by atoms with Crippen LogP contribution in [-0.2, 0) is 50.0 Å². The molecule has 0 saturated carbocycles. The fraction of sp³-hybridized carbons (Fsp3) is 0.143. The first-order valence-corrected chi connectivity index (χ1v) is 21.1. The van der Waals surface area contributed by atoms with E-state index < -0.39 is 47.1 Å². The number of benzene rings is 4. The van der Waals surface area contributed by atoms with E-state index in [0.29, 0.717) is 0 Å². The van der Waals surface area contributed by atoms with Gasteiger partial charge in [-0.1, -0.05) is 87.5 Å². The Bertz CT molecular complexity index is 1700. The number of aromatic nitrogens is 1. The molecule has 0 aliphatic heterocycles. The maximum Gasteiger partial charge on any atom is 0.525 e. The van der Waals surface area contributed by atoms with E-state index in [9.17, 15) is 43.2 Å². The van der Waals surface area contributed by atoms with Crippen molar-refractivity contribution < 1.29 is 72.9 Å². The summed E-state index contributed by atoms with van der Waals surface area (Å²) in [6.07, 6.45) is 7.34. The van der Waals surface area contributed by atoms with Crippen molar-refractivity contribution in [3.8, 4) is 0 Å². The second-order valence-corrected chi connectivity index (χ2v) is 18.5. The van der Waals surface area contributed by atoms with E-state index in [0.717, 1.165) is 0 Å². The van der Waals surface area contributed by atoms with E-state index >= 15 is 0 Å². The van der Waals surface area contributed by atoms with Crippen LogP contribution in [0.5, 0.6) is 0 Å². The van der Waals surface area contributed by atoms with Crippen molar-refractivity contribution in [3.05, 3.63) is 159 Å². The van der Waals surface area contributed by atoms with Crippen LogP contribution in [0.25, 0.3) is 0 Å². The van der Waals surface area contributed by atoms with E-state index in [1.807, 2.05) is 18.2 Å². The molecule has 5 aromatic rings. The predicted molar refractivity (Wildman–Crippen MR) is 198 cm³/mol. The molecule has 0 unspecified atom stereocenters. The van der Waals surface area contributed by atoms with Gasteiger partial charge in [0.15, 0.2) is 0 Å². The summed E-state index contributed by atoms with van der Waals surface area (Å²) in [4.78, 5) is 3.78. The van der Waals surface area contributed by atoms with Crippen LogP contribution in [0.3, 0.4) is 0 Å². The Morgan fingerprint density at radius 2 is 0.717 bits per heavy atom. The molecule has 0 aliphatic rings. The smallest absolute Gasteiger partial charge is 0.358 e. The molecule has 1 aromatic heterocycles. The number of rotatable bonds is 11. The topological polar surface area (TPSA) is 99.6 Å². The van der Waals surface area contributed by atoms with Gasteiger partial charge in [0, 0.05) is 39.9 Å². The van der Waals surface area contributed by atoms with Gasteiger partial charge < -0.3 is 7.43 Å². The van der Waals surface area contributed by atoms with Crippen molar-refractivity contribution in [3.63, 3.8) is 0 Å². The normalized spacial score (nSPS) is 11.5. The summed E-state index contributed by atoms with van der Waals surface area (Å²) in [7, 11) is -14.7. The Labute approximate surface area is 322 Å². The molecule has 4 aromatic carbocycles. The standard InChI is InChI=1S/C27H26P2.C5H5N.C2F6O6S2.CH3.Pt/c1-5-14-24(15-6-1)28(25-16-7-2-8-17-25)22-13-23-29(26-18-9-3-10-19-26)27-20-11-4-12-21-27;1-2-4-6-5-3-1;3-1(4,5)15(9,10)13-14-16(11,12)2(6,7)8;;/h1-12,14-21H,13,22-23H2;1-5H;;1H3;/q;;;-1;/p+2. The van der Waals surface area contributed by atoms with Crippen molar-refractivity contribution in [2.75, 3.05) is 12.3 Å². The predicted octanol–water partition coefficient (Wildman–Crippen LogP) is 7.27. The average molecular weight is 1000 g/mol. The zero-order valence-electron chi connectivity index (χ0n) is 27.9. The van der Waals surface area contributed by atoms with Crippen LogP contribution in [0.1, 0.15) is 6.42 Å². The van der Waals surface area contributed by atoms with Crippen LogP contribution < -0.4 is 21.2 Å². The van der Waals surface area contributed by atoms with E-state index in [1.165, 1.54) is 40.0 Å². The zero-order chi connectivity index (χ0) is 37.4. The van der Waals surface area contributed by atoms with Crippen LogP contribution in [0.15, 0.2) is 152 Å². The fourth-order valence-electron chi connectivity index (χ4n) is 4.37. The molecule has 0 bridgehead atoms. The van der Waals surface area contributed by atoms with E-state index in [1.54, 1.807) is 12.4 Å². The van der Waals surface area contributed by atoms with Gasteiger partial charge in [-0.3, -0.25) is 4.98 Å². The van der Waals surface area contributed by atoms with Crippen molar-refractivity contribution in [1.29, 1.82) is 0 Å². The minimum atomic E-state index is -6.59. The Morgan fingerprint density at radius 1 is 0.472 bits per heavy atom. The van der Waals surface area contributed by atoms with E-state index in [-0.39, 0.29) is 28.5 Å². The molecule has 0 radical (unpaired) electrons.